The van der Waals surface area contributed by atoms with E-state index in [9.17, 15) is 4.79 Å². The lowest BCUT2D eigenvalue weighted by atomic mass is 10.2. The molecule has 4 nitrogen and oxygen atoms in total. The fourth-order valence-electron chi connectivity index (χ4n) is 1.89. The molecule has 3 aromatic rings. The molecule has 0 fully saturated rings. The number of nitrogens with two attached hydrogens (primary N) is 1. The summed E-state index contributed by atoms with van der Waals surface area (Å²) in [5.41, 5.74) is 7.31. The second kappa shape index (κ2) is 5.37. The third-order valence-electron chi connectivity index (χ3n) is 2.82. The second-order valence-corrected chi connectivity index (χ2v) is 6.48. The van der Waals surface area contributed by atoms with Crippen molar-refractivity contribution in [3.05, 3.63) is 51.2 Å². The quantitative estimate of drug-likeness (QED) is 0.650. The molecule has 0 aliphatic rings. The second-order valence-electron chi connectivity index (χ2n) is 4.18. The lowest BCUT2D eigenvalue weighted by Crippen LogP contribution is -2.11. The van der Waals surface area contributed by atoms with Crippen LogP contribution >= 0.6 is 33.9 Å². The summed E-state index contributed by atoms with van der Waals surface area (Å²) in [7, 11) is 0. The Morgan fingerprint density at radius 3 is 2.95 bits per heavy atom. The maximum absolute atomic E-state index is 12.3. The van der Waals surface area contributed by atoms with Gasteiger partial charge in [-0.25, -0.2) is 0 Å². The molecule has 0 bridgehead atoms. The maximum Gasteiger partial charge on any atom is 0.267 e. The molecule has 1 amide bonds. The van der Waals surface area contributed by atoms with Gasteiger partial charge < -0.3 is 11.1 Å². The summed E-state index contributed by atoms with van der Waals surface area (Å²) in [6, 6.07) is 9.45. The number of benzene rings is 1. The average molecular weight is 395 g/mol. The summed E-state index contributed by atoms with van der Waals surface area (Å²) in [5.74, 6) is -0.189. The van der Waals surface area contributed by atoms with E-state index >= 15 is 0 Å². The molecule has 0 saturated heterocycles. The van der Waals surface area contributed by atoms with Gasteiger partial charge in [0.25, 0.3) is 5.91 Å². The van der Waals surface area contributed by atoms with Crippen molar-refractivity contribution in [2.75, 3.05) is 11.1 Å². The number of carbonyl (C=O) groups excluding carboxylic acids is 1. The Kier molecular flexibility index (Phi) is 3.58. The first kappa shape index (κ1) is 13.3. The fraction of sp³-hybridized carbons (Fsp3) is 0. The summed E-state index contributed by atoms with van der Waals surface area (Å²) in [6.07, 6.45) is 3.39. The molecule has 2 aromatic heterocycles. The minimum absolute atomic E-state index is 0.189. The van der Waals surface area contributed by atoms with E-state index in [0.29, 0.717) is 10.6 Å². The monoisotopic (exact) mass is 395 g/mol. The van der Waals surface area contributed by atoms with Gasteiger partial charge in [0, 0.05) is 27.0 Å². The Morgan fingerprint density at radius 1 is 1.35 bits per heavy atom. The van der Waals surface area contributed by atoms with Gasteiger partial charge in [-0.1, -0.05) is 6.07 Å². The number of nitrogens with zero attached hydrogens (tertiary/aromatic N) is 1. The molecule has 3 N–H and O–H groups in total. The van der Waals surface area contributed by atoms with Crippen LogP contribution in [-0.4, -0.2) is 10.9 Å². The predicted molar refractivity (Wildman–Crippen MR) is 91.1 cm³/mol. The number of rotatable bonds is 2. The molecule has 0 aliphatic heterocycles. The molecule has 0 radical (unpaired) electrons. The topological polar surface area (TPSA) is 68.0 Å². The third-order valence-corrected chi connectivity index (χ3v) is 4.65. The summed E-state index contributed by atoms with van der Waals surface area (Å²) >= 11 is 3.56. The summed E-state index contributed by atoms with van der Waals surface area (Å²) in [6.45, 7) is 0. The zero-order valence-electron chi connectivity index (χ0n) is 10.3. The van der Waals surface area contributed by atoms with E-state index in [4.69, 9.17) is 5.73 Å². The summed E-state index contributed by atoms with van der Waals surface area (Å²) in [4.78, 5) is 16.9. The number of fused-ring (bicyclic) bond motifs is 1. The predicted octanol–water partition coefficient (Wildman–Crippen LogP) is 3.74. The number of aromatic nitrogens is 1. The Morgan fingerprint density at radius 2 is 2.20 bits per heavy atom. The molecule has 0 spiro atoms. The maximum atomic E-state index is 12.3. The number of anilines is 2. The van der Waals surface area contributed by atoms with Crippen LogP contribution in [0.5, 0.6) is 0 Å². The number of hydrogen-bond donors (Lipinski definition) is 2. The Hall–Kier alpha value is -1.67. The van der Waals surface area contributed by atoms with Gasteiger partial charge in [0.05, 0.1) is 10.4 Å². The van der Waals surface area contributed by atoms with Gasteiger partial charge in [-0.05, 0) is 46.9 Å². The van der Waals surface area contributed by atoms with E-state index in [2.05, 4.69) is 32.9 Å². The standard InChI is InChI=1S/C14H10IN3OS/c15-8-2-1-3-9(6-8)18-14(19)13-12(16)10-4-5-17-7-11(10)20-13/h1-7H,16H2,(H,18,19). The van der Waals surface area contributed by atoms with Gasteiger partial charge in [-0.15, -0.1) is 11.3 Å². The van der Waals surface area contributed by atoms with Crippen molar-refractivity contribution in [3.63, 3.8) is 0 Å². The minimum Gasteiger partial charge on any atom is -0.397 e. The van der Waals surface area contributed by atoms with Crippen LogP contribution in [0.3, 0.4) is 0 Å². The lowest BCUT2D eigenvalue weighted by molar-refractivity contribution is 0.103. The Labute approximate surface area is 133 Å². The number of nitrogen functional groups attached to an aromatic ring is 1. The van der Waals surface area contributed by atoms with Crippen LogP contribution in [-0.2, 0) is 0 Å². The Bertz CT molecular complexity index is 800. The number of halogens is 1. The highest BCUT2D eigenvalue weighted by molar-refractivity contribution is 14.1. The minimum atomic E-state index is -0.189. The normalized spacial score (nSPS) is 10.7. The van der Waals surface area contributed by atoms with Crippen LogP contribution < -0.4 is 11.1 Å². The molecule has 3 rings (SSSR count). The van der Waals surface area contributed by atoms with Gasteiger partial charge >= 0.3 is 0 Å². The van der Waals surface area contributed by atoms with Crippen molar-refractivity contribution in [1.82, 2.24) is 4.98 Å². The van der Waals surface area contributed by atoms with Crippen LogP contribution in [0.15, 0.2) is 42.7 Å². The van der Waals surface area contributed by atoms with E-state index in [0.717, 1.165) is 19.3 Å². The van der Waals surface area contributed by atoms with E-state index in [-0.39, 0.29) is 5.91 Å². The van der Waals surface area contributed by atoms with Gasteiger partial charge in [-0.2, -0.15) is 0 Å². The number of thiophene rings is 1. The van der Waals surface area contributed by atoms with Crippen molar-refractivity contribution in [2.24, 2.45) is 0 Å². The van der Waals surface area contributed by atoms with Gasteiger partial charge in [0.1, 0.15) is 4.88 Å². The van der Waals surface area contributed by atoms with Gasteiger partial charge in [-0.3, -0.25) is 9.78 Å². The van der Waals surface area contributed by atoms with Gasteiger partial charge in [0.2, 0.25) is 0 Å². The molecular formula is C14H10IN3OS. The lowest BCUT2D eigenvalue weighted by Gasteiger charge is -2.04. The van der Waals surface area contributed by atoms with Crippen molar-refractivity contribution in [3.8, 4) is 0 Å². The van der Waals surface area contributed by atoms with E-state index < -0.39 is 0 Å². The smallest absolute Gasteiger partial charge is 0.267 e. The van der Waals surface area contributed by atoms with Gasteiger partial charge in [0.15, 0.2) is 0 Å². The zero-order valence-corrected chi connectivity index (χ0v) is 13.2. The van der Waals surface area contributed by atoms with Crippen molar-refractivity contribution >= 4 is 61.3 Å². The van der Waals surface area contributed by atoms with Crippen LogP contribution in [0.4, 0.5) is 11.4 Å². The molecule has 20 heavy (non-hydrogen) atoms. The summed E-state index contributed by atoms with van der Waals surface area (Å²) < 4.78 is 1.98. The number of nitrogens with one attached hydrogen (secondary N) is 1. The van der Waals surface area contributed by atoms with E-state index in [1.54, 1.807) is 12.4 Å². The molecule has 6 heteroatoms. The van der Waals surface area contributed by atoms with Crippen molar-refractivity contribution < 1.29 is 4.79 Å². The highest BCUT2D eigenvalue weighted by Crippen LogP contribution is 2.33. The number of pyridine rings is 1. The summed E-state index contributed by atoms with van der Waals surface area (Å²) in [5, 5.41) is 3.74. The molecule has 100 valence electrons. The fourth-order valence-corrected chi connectivity index (χ4v) is 3.42. The molecule has 1 aromatic carbocycles. The molecule has 0 unspecified atom stereocenters. The molecule has 0 saturated carbocycles. The number of hydrogen-bond acceptors (Lipinski definition) is 4. The van der Waals surface area contributed by atoms with E-state index in [1.807, 2.05) is 30.3 Å². The largest absolute Gasteiger partial charge is 0.397 e. The van der Waals surface area contributed by atoms with Crippen LogP contribution in [0.1, 0.15) is 9.67 Å². The van der Waals surface area contributed by atoms with Crippen molar-refractivity contribution in [2.45, 2.75) is 0 Å². The Balaban J connectivity index is 1.95. The van der Waals surface area contributed by atoms with Crippen LogP contribution in [0, 0.1) is 3.57 Å². The number of carbonyl (C=O) groups is 1. The van der Waals surface area contributed by atoms with E-state index in [1.165, 1.54) is 11.3 Å². The zero-order chi connectivity index (χ0) is 14.1. The number of amides is 1. The molecular weight excluding hydrogens is 385 g/mol. The molecule has 0 atom stereocenters. The highest BCUT2D eigenvalue weighted by Gasteiger charge is 2.16. The average Bonchev–Trinajstić information content (AvgIpc) is 2.77. The third kappa shape index (κ3) is 2.48. The SMILES string of the molecule is Nc1c(C(=O)Nc2cccc(I)c2)sc2cnccc12. The first-order valence-corrected chi connectivity index (χ1v) is 7.73. The van der Waals surface area contributed by atoms with Crippen LogP contribution in [0.2, 0.25) is 0 Å². The first-order valence-electron chi connectivity index (χ1n) is 5.84. The van der Waals surface area contributed by atoms with Crippen LogP contribution in [0.25, 0.3) is 10.1 Å². The first-order chi connectivity index (χ1) is 9.65. The van der Waals surface area contributed by atoms with Crippen molar-refractivity contribution in [1.29, 1.82) is 0 Å². The molecule has 0 aliphatic carbocycles. The highest BCUT2D eigenvalue weighted by atomic mass is 127. The molecule has 2 heterocycles.